The molecule has 0 bridgehead atoms. The van der Waals surface area contributed by atoms with Gasteiger partial charge in [0.15, 0.2) is 5.78 Å². The van der Waals surface area contributed by atoms with E-state index in [1.807, 2.05) is 36.4 Å². The molecule has 0 fully saturated rings. The third kappa shape index (κ3) is 1.27. The first-order valence-electron chi connectivity index (χ1n) is 6.32. The number of fused-ring (bicyclic) bond motifs is 4. The molecule has 1 aromatic rings. The Morgan fingerprint density at radius 2 is 2.00 bits per heavy atom. The molecule has 0 spiro atoms. The zero-order valence-corrected chi connectivity index (χ0v) is 10.1. The van der Waals surface area contributed by atoms with Crippen LogP contribution in [0.5, 0.6) is 0 Å². The van der Waals surface area contributed by atoms with E-state index in [-0.39, 0.29) is 17.7 Å². The van der Waals surface area contributed by atoms with E-state index < -0.39 is 0 Å². The minimum Gasteiger partial charge on any atom is -0.341 e. The van der Waals surface area contributed by atoms with Crippen LogP contribution in [0.1, 0.15) is 28.4 Å². The Balaban J connectivity index is 2.00. The fourth-order valence-electron chi connectivity index (χ4n) is 3.09. The van der Waals surface area contributed by atoms with Crippen molar-refractivity contribution < 1.29 is 9.59 Å². The van der Waals surface area contributed by atoms with Crippen LogP contribution in [0.15, 0.2) is 59.2 Å². The Morgan fingerprint density at radius 1 is 1.16 bits per heavy atom. The van der Waals surface area contributed by atoms with Crippen molar-refractivity contribution in [2.75, 3.05) is 0 Å². The molecule has 92 valence electrons. The van der Waals surface area contributed by atoms with Gasteiger partial charge < -0.3 is 5.32 Å². The largest absolute Gasteiger partial charge is 0.341 e. The predicted octanol–water partition coefficient (Wildman–Crippen LogP) is 2.24. The van der Waals surface area contributed by atoms with Crippen LogP contribution in [0.25, 0.3) is 0 Å². The van der Waals surface area contributed by atoms with Crippen molar-refractivity contribution in [2.24, 2.45) is 0 Å². The molecule has 2 aliphatic carbocycles. The van der Waals surface area contributed by atoms with Crippen LogP contribution in [0.3, 0.4) is 0 Å². The fraction of sp³-hybridized carbons (Fsp3) is 0.125. The molecule has 1 amide bonds. The first-order chi connectivity index (χ1) is 9.27. The van der Waals surface area contributed by atoms with Crippen LogP contribution < -0.4 is 5.32 Å². The highest BCUT2D eigenvalue weighted by atomic mass is 16.2. The van der Waals surface area contributed by atoms with E-state index in [9.17, 15) is 9.59 Å². The van der Waals surface area contributed by atoms with Crippen molar-refractivity contribution in [1.29, 1.82) is 0 Å². The number of allylic oxidation sites excluding steroid dienone is 3. The molecule has 0 saturated heterocycles. The van der Waals surface area contributed by atoms with Gasteiger partial charge in [0.2, 0.25) is 0 Å². The van der Waals surface area contributed by atoms with E-state index in [4.69, 9.17) is 0 Å². The average Bonchev–Trinajstić information content (AvgIpc) is 2.73. The van der Waals surface area contributed by atoms with Crippen LogP contribution in [-0.2, 0) is 4.79 Å². The first kappa shape index (κ1) is 10.5. The van der Waals surface area contributed by atoms with Gasteiger partial charge >= 0.3 is 0 Å². The molecule has 1 heterocycles. The van der Waals surface area contributed by atoms with E-state index in [1.165, 1.54) is 0 Å². The number of carbonyl (C=O) groups excluding carboxylic acids is 2. The summed E-state index contributed by atoms with van der Waals surface area (Å²) in [7, 11) is 0. The number of rotatable bonds is 0. The van der Waals surface area contributed by atoms with Gasteiger partial charge in [-0.05, 0) is 23.6 Å². The summed E-state index contributed by atoms with van der Waals surface area (Å²) >= 11 is 0. The minimum absolute atomic E-state index is 0.0526. The van der Waals surface area contributed by atoms with Gasteiger partial charge in [-0.1, -0.05) is 36.4 Å². The monoisotopic (exact) mass is 249 g/mol. The van der Waals surface area contributed by atoms with Crippen molar-refractivity contribution in [2.45, 2.75) is 12.5 Å². The van der Waals surface area contributed by atoms with Crippen molar-refractivity contribution in [3.05, 3.63) is 70.3 Å². The lowest BCUT2D eigenvalue weighted by Crippen LogP contribution is -2.36. The maximum Gasteiger partial charge on any atom is 0.252 e. The first-order valence-corrected chi connectivity index (χ1v) is 6.32. The zero-order chi connectivity index (χ0) is 13.0. The maximum atomic E-state index is 12.5. The summed E-state index contributed by atoms with van der Waals surface area (Å²) in [6, 6.07) is 7.24. The Labute approximate surface area is 110 Å². The van der Waals surface area contributed by atoms with Crippen LogP contribution >= 0.6 is 0 Å². The van der Waals surface area contributed by atoms with E-state index in [0.717, 1.165) is 16.7 Å². The van der Waals surface area contributed by atoms with Gasteiger partial charge in [-0.2, -0.15) is 0 Å². The fourth-order valence-corrected chi connectivity index (χ4v) is 3.09. The lowest BCUT2D eigenvalue weighted by atomic mass is 9.86. The lowest BCUT2D eigenvalue weighted by Gasteiger charge is -2.27. The van der Waals surface area contributed by atoms with E-state index >= 15 is 0 Å². The Hall–Kier alpha value is -2.42. The molecule has 3 nitrogen and oxygen atoms in total. The maximum absolute atomic E-state index is 12.5. The second-order valence-electron chi connectivity index (χ2n) is 4.93. The van der Waals surface area contributed by atoms with Gasteiger partial charge in [-0.3, -0.25) is 9.59 Å². The molecule has 0 radical (unpaired) electrons. The molecular formula is C16H11NO2. The van der Waals surface area contributed by atoms with Gasteiger partial charge in [-0.25, -0.2) is 0 Å². The van der Waals surface area contributed by atoms with Crippen LogP contribution in [0.4, 0.5) is 0 Å². The van der Waals surface area contributed by atoms with E-state index in [2.05, 4.69) is 5.32 Å². The predicted molar refractivity (Wildman–Crippen MR) is 70.5 cm³/mol. The number of Topliss-reactive ketones (excluding diaryl/α,β-unsaturated/α-hetero) is 1. The van der Waals surface area contributed by atoms with E-state index in [1.54, 1.807) is 6.08 Å². The molecule has 19 heavy (non-hydrogen) atoms. The summed E-state index contributed by atoms with van der Waals surface area (Å²) in [5, 5.41) is 2.94. The number of benzene rings is 1. The summed E-state index contributed by atoms with van der Waals surface area (Å²) in [6.07, 6.45) is 6.29. The van der Waals surface area contributed by atoms with Crippen molar-refractivity contribution >= 4 is 11.7 Å². The molecule has 1 aliphatic heterocycles. The normalized spacial score (nSPS) is 23.6. The van der Waals surface area contributed by atoms with Crippen LogP contribution in [0, 0.1) is 0 Å². The Bertz CT molecular complexity index is 722. The topological polar surface area (TPSA) is 46.2 Å². The molecule has 4 rings (SSSR count). The average molecular weight is 249 g/mol. The van der Waals surface area contributed by atoms with Gasteiger partial charge in [0, 0.05) is 16.7 Å². The SMILES string of the molecule is O=C1NC2C(=C3CC=CC=C13)C(=O)c1ccccc12. The van der Waals surface area contributed by atoms with Gasteiger partial charge in [0.1, 0.15) is 0 Å². The second kappa shape index (κ2) is 3.54. The van der Waals surface area contributed by atoms with Crippen molar-refractivity contribution in [3.8, 4) is 0 Å². The summed E-state index contributed by atoms with van der Waals surface area (Å²) in [5.74, 6) is -0.0330. The molecule has 1 N–H and O–H groups in total. The quantitative estimate of drug-likeness (QED) is 0.766. The highest BCUT2D eigenvalue weighted by Gasteiger charge is 2.42. The van der Waals surface area contributed by atoms with Crippen LogP contribution in [0.2, 0.25) is 0 Å². The number of carbonyl (C=O) groups is 2. The molecule has 0 saturated carbocycles. The van der Waals surface area contributed by atoms with Crippen molar-refractivity contribution in [3.63, 3.8) is 0 Å². The van der Waals surface area contributed by atoms with Crippen LogP contribution in [-0.4, -0.2) is 11.7 Å². The molecule has 0 aromatic heterocycles. The summed E-state index contributed by atoms with van der Waals surface area (Å²) in [5.41, 5.74) is 3.90. The second-order valence-corrected chi connectivity index (χ2v) is 4.93. The number of hydrogen-bond acceptors (Lipinski definition) is 2. The minimum atomic E-state index is -0.269. The third-order valence-electron chi connectivity index (χ3n) is 3.94. The summed E-state index contributed by atoms with van der Waals surface area (Å²) < 4.78 is 0. The Kier molecular flexibility index (Phi) is 1.96. The zero-order valence-electron chi connectivity index (χ0n) is 10.1. The summed E-state index contributed by atoms with van der Waals surface area (Å²) in [6.45, 7) is 0. The molecule has 1 unspecified atom stereocenters. The van der Waals surface area contributed by atoms with Gasteiger partial charge in [0.05, 0.1) is 6.04 Å². The lowest BCUT2D eigenvalue weighted by molar-refractivity contribution is -0.118. The highest BCUT2D eigenvalue weighted by Crippen LogP contribution is 2.43. The number of nitrogens with one attached hydrogen (secondary N) is 1. The smallest absolute Gasteiger partial charge is 0.252 e. The number of hydrogen-bond donors (Lipinski definition) is 1. The summed E-state index contributed by atoms with van der Waals surface area (Å²) in [4.78, 5) is 24.7. The molecular weight excluding hydrogens is 238 g/mol. The molecule has 1 aromatic carbocycles. The standard InChI is InChI=1S/C16H11NO2/c18-15-11-7-3-2-6-10(11)14-13(15)9-5-1-4-8-12(9)16(19)17-14/h1-4,6-8,14H,5H2,(H,17,19). The highest BCUT2D eigenvalue weighted by molar-refractivity contribution is 6.18. The van der Waals surface area contributed by atoms with Gasteiger partial charge in [0.25, 0.3) is 5.91 Å². The molecule has 3 aliphatic rings. The molecule has 3 heteroatoms. The molecule has 1 atom stereocenters. The van der Waals surface area contributed by atoms with Gasteiger partial charge in [-0.15, -0.1) is 0 Å². The number of ketones is 1. The number of amides is 1. The van der Waals surface area contributed by atoms with Crippen molar-refractivity contribution in [1.82, 2.24) is 5.32 Å². The van der Waals surface area contributed by atoms with E-state index in [0.29, 0.717) is 17.6 Å². The third-order valence-corrected chi connectivity index (χ3v) is 3.94. The Morgan fingerprint density at radius 3 is 2.89 bits per heavy atom.